The maximum atomic E-state index is 2.48. The summed E-state index contributed by atoms with van der Waals surface area (Å²) in [6.07, 6.45) is 11.7. The van der Waals surface area contributed by atoms with Gasteiger partial charge in [0.25, 0.3) is 0 Å². The number of hydrogen-bond donors (Lipinski definition) is 0. The normalized spacial score (nSPS) is 17.9. The van der Waals surface area contributed by atoms with Crippen LogP contribution in [0.5, 0.6) is 0 Å². The summed E-state index contributed by atoms with van der Waals surface area (Å²) < 4.78 is 4.85. The van der Waals surface area contributed by atoms with E-state index in [2.05, 4.69) is 144 Å². The van der Waals surface area contributed by atoms with Gasteiger partial charge in [-0.2, -0.15) is 0 Å². The van der Waals surface area contributed by atoms with Gasteiger partial charge in [0.05, 0.1) is 11.0 Å². The van der Waals surface area contributed by atoms with Crippen LogP contribution in [-0.2, 0) is 12.8 Å². The Morgan fingerprint density at radius 3 is 1.40 bits per heavy atom. The largest absolute Gasteiger partial charge is 0.310 e. The maximum Gasteiger partial charge on any atom is 0.0541 e. The van der Waals surface area contributed by atoms with E-state index < -0.39 is 0 Å². The van der Waals surface area contributed by atoms with Crippen molar-refractivity contribution >= 4 is 34.0 Å². The van der Waals surface area contributed by atoms with Crippen LogP contribution >= 0.6 is 0 Å². The first kappa shape index (κ1) is 23.3. The van der Waals surface area contributed by atoms with E-state index in [1.165, 1.54) is 55.7 Å². The lowest BCUT2D eigenvalue weighted by molar-refractivity contribution is 0.681. The molecule has 0 aliphatic heterocycles. The molecular weight excluding hydrogens is 484 g/mol. The summed E-state index contributed by atoms with van der Waals surface area (Å²) in [7, 11) is 0. The maximum absolute atomic E-state index is 2.48. The number of fused-ring (bicyclic) bond motifs is 6. The monoisotopic (exact) mass is 516 g/mol. The Morgan fingerprint density at radius 2 is 0.925 bits per heavy atom. The molecule has 194 valence electrons. The van der Waals surface area contributed by atoms with Crippen molar-refractivity contribution in [3.63, 3.8) is 0 Å². The van der Waals surface area contributed by atoms with Crippen molar-refractivity contribution in [2.45, 2.75) is 26.7 Å². The first-order valence-electron chi connectivity index (χ1n) is 14.5. The SMILES string of the molecule is CC1C=Cc2c(c3c(n2-c2ccc(-c4ccc(-n5c6ccccc6c6ccccc65)cc4)cc2)C=CC(C)C3)C1. The first-order valence-corrected chi connectivity index (χ1v) is 14.5. The van der Waals surface area contributed by atoms with Gasteiger partial charge in [0.15, 0.2) is 0 Å². The Balaban J connectivity index is 1.16. The van der Waals surface area contributed by atoms with E-state index in [0.717, 1.165) is 12.8 Å². The predicted octanol–water partition coefficient (Wildman–Crippen LogP) is 9.65. The van der Waals surface area contributed by atoms with Crippen LogP contribution in [0.1, 0.15) is 36.4 Å². The zero-order chi connectivity index (χ0) is 26.8. The van der Waals surface area contributed by atoms with Gasteiger partial charge in [0.1, 0.15) is 0 Å². The number of aromatic nitrogens is 2. The van der Waals surface area contributed by atoms with E-state index in [0.29, 0.717) is 11.8 Å². The van der Waals surface area contributed by atoms with E-state index >= 15 is 0 Å². The third-order valence-corrected chi connectivity index (χ3v) is 8.85. The van der Waals surface area contributed by atoms with Crippen molar-refractivity contribution in [3.05, 3.63) is 132 Å². The van der Waals surface area contributed by atoms with E-state index in [1.807, 2.05) is 0 Å². The summed E-state index contributed by atoms with van der Waals surface area (Å²) in [4.78, 5) is 0. The molecule has 0 N–H and O–H groups in total. The second-order valence-corrected chi connectivity index (χ2v) is 11.6. The number of rotatable bonds is 3. The number of hydrogen-bond acceptors (Lipinski definition) is 0. The van der Waals surface area contributed by atoms with Crippen LogP contribution in [-0.4, -0.2) is 9.13 Å². The summed E-state index contributed by atoms with van der Waals surface area (Å²) in [6, 6.07) is 35.5. The van der Waals surface area contributed by atoms with Crippen LogP contribution in [0, 0.1) is 11.8 Å². The zero-order valence-electron chi connectivity index (χ0n) is 23.0. The van der Waals surface area contributed by atoms with E-state index in [1.54, 1.807) is 11.1 Å². The van der Waals surface area contributed by atoms with Crippen molar-refractivity contribution in [2.75, 3.05) is 0 Å². The van der Waals surface area contributed by atoms with Gasteiger partial charge in [0, 0.05) is 33.5 Å². The second kappa shape index (κ2) is 8.99. The fourth-order valence-electron chi connectivity index (χ4n) is 6.89. The highest BCUT2D eigenvalue weighted by Crippen LogP contribution is 2.38. The molecule has 4 aromatic carbocycles. The molecule has 6 aromatic rings. The lowest BCUT2D eigenvalue weighted by atomic mass is 9.87. The fraction of sp³-hybridized carbons (Fsp3) is 0.158. The molecular formula is C38H32N2. The quantitative estimate of drug-likeness (QED) is 0.222. The van der Waals surface area contributed by atoms with Crippen molar-refractivity contribution in [3.8, 4) is 22.5 Å². The predicted molar refractivity (Wildman–Crippen MR) is 169 cm³/mol. The summed E-state index contributed by atoms with van der Waals surface area (Å²) in [5.74, 6) is 1.20. The Labute approximate surface area is 235 Å². The van der Waals surface area contributed by atoms with Crippen LogP contribution in [0.3, 0.4) is 0 Å². The summed E-state index contributed by atoms with van der Waals surface area (Å²) in [6.45, 7) is 4.65. The van der Waals surface area contributed by atoms with Crippen molar-refractivity contribution in [2.24, 2.45) is 11.8 Å². The number of para-hydroxylation sites is 2. The van der Waals surface area contributed by atoms with Crippen LogP contribution in [0.4, 0.5) is 0 Å². The fourth-order valence-corrected chi connectivity index (χ4v) is 6.89. The molecule has 2 unspecified atom stereocenters. The van der Waals surface area contributed by atoms with Crippen LogP contribution in [0.25, 0.3) is 56.5 Å². The first-order chi connectivity index (χ1) is 19.7. The van der Waals surface area contributed by atoms with Gasteiger partial charge < -0.3 is 9.13 Å². The van der Waals surface area contributed by atoms with Gasteiger partial charge in [-0.05, 0) is 95.5 Å². The van der Waals surface area contributed by atoms with E-state index in [9.17, 15) is 0 Å². The van der Waals surface area contributed by atoms with Crippen molar-refractivity contribution in [1.82, 2.24) is 9.13 Å². The molecule has 0 saturated heterocycles. The number of benzene rings is 4. The smallest absolute Gasteiger partial charge is 0.0541 e. The molecule has 2 aliphatic rings. The van der Waals surface area contributed by atoms with Gasteiger partial charge in [0.2, 0.25) is 0 Å². The Morgan fingerprint density at radius 1 is 0.500 bits per heavy atom. The molecule has 8 rings (SSSR count). The molecule has 0 bridgehead atoms. The third kappa shape index (κ3) is 3.56. The van der Waals surface area contributed by atoms with Crippen molar-refractivity contribution < 1.29 is 0 Å². The van der Waals surface area contributed by atoms with Gasteiger partial charge in [-0.1, -0.05) is 86.7 Å². The summed E-state index contributed by atoms with van der Waals surface area (Å²) >= 11 is 0. The molecule has 0 amide bonds. The Hall–Kier alpha value is -4.56. The Kier molecular flexibility index (Phi) is 5.25. The minimum absolute atomic E-state index is 0.599. The molecule has 2 aromatic heterocycles. The van der Waals surface area contributed by atoms with Crippen LogP contribution < -0.4 is 0 Å². The molecule has 2 heterocycles. The minimum Gasteiger partial charge on any atom is -0.310 e. The highest BCUT2D eigenvalue weighted by atomic mass is 15.0. The van der Waals surface area contributed by atoms with E-state index in [-0.39, 0.29) is 0 Å². The van der Waals surface area contributed by atoms with Gasteiger partial charge in [-0.25, -0.2) is 0 Å². The number of nitrogens with zero attached hydrogens (tertiary/aromatic N) is 2. The Bertz CT molecular complexity index is 1860. The van der Waals surface area contributed by atoms with E-state index in [4.69, 9.17) is 0 Å². The van der Waals surface area contributed by atoms with Gasteiger partial charge >= 0.3 is 0 Å². The molecule has 0 fully saturated rings. The van der Waals surface area contributed by atoms with Crippen LogP contribution in [0.15, 0.2) is 109 Å². The minimum atomic E-state index is 0.599. The highest BCUT2D eigenvalue weighted by Gasteiger charge is 2.26. The summed E-state index contributed by atoms with van der Waals surface area (Å²) in [5, 5.41) is 2.58. The lowest BCUT2D eigenvalue weighted by Gasteiger charge is -2.17. The average Bonchev–Trinajstić information content (AvgIpc) is 3.50. The lowest BCUT2D eigenvalue weighted by Crippen LogP contribution is -2.07. The van der Waals surface area contributed by atoms with Gasteiger partial charge in [-0.15, -0.1) is 0 Å². The molecule has 2 nitrogen and oxygen atoms in total. The molecule has 2 heteroatoms. The third-order valence-electron chi connectivity index (χ3n) is 8.85. The molecule has 2 aliphatic carbocycles. The van der Waals surface area contributed by atoms with Gasteiger partial charge in [-0.3, -0.25) is 0 Å². The number of allylic oxidation sites excluding steroid dienone is 2. The molecule has 0 saturated carbocycles. The second-order valence-electron chi connectivity index (χ2n) is 11.6. The zero-order valence-corrected chi connectivity index (χ0v) is 23.0. The van der Waals surface area contributed by atoms with Crippen molar-refractivity contribution in [1.29, 1.82) is 0 Å². The topological polar surface area (TPSA) is 9.86 Å². The highest BCUT2D eigenvalue weighted by molar-refractivity contribution is 6.09. The molecule has 0 spiro atoms. The molecule has 0 radical (unpaired) electrons. The summed E-state index contributed by atoms with van der Waals surface area (Å²) in [5.41, 5.74) is 13.2. The van der Waals surface area contributed by atoms with Crippen LogP contribution in [0.2, 0.25) is 0 Å². The average molecular weight is 517 g/mol. The molecule has 40 heavy (non-hydrogen) atoms. The molecule has 2 atom stereocenters. The standard InChI is InChI=1S/C38H32N2/c1-25-11-21-37-33(23-25)34-24-26(2)12-22-38(34)40(37)30-19-15-28(16-20-30)27-13-17-29(18-14-27)39-35-9-5-3-7-31(35)32-8-4-6-10-36(32)39/h3-22,25-26H,23-24H2,1-2H3.